The zero-order valence-electron chi connectivity index (χ0n) is 13.0. The van der Waals surface area contributed by atoms with Gasteiger partial charge < -0.3 is 9.88 Å². The Hall–Kier alpha value is -1.61. The number of nitrogens with zero attached hydrogens (tertiary/aromatic N) is 2. The summed E-state index contributed by atoms with van der Waals surface area (Å²) in [6, 6.07) is 9.27. The molecule has 0 aliphatic heterocycles. The molecule has 3 nitrogen and oxygen atoms in total. The van der Waals surface area contributed by atoms with Gasteiger partial charge in [0.2, 0.25) is 0 Å². The third kappa shape index (κ3) is 3.28. The van der Waals surface area contributed by atoms with E-state index in [0.29, 0.717) is 6.04 Å². The molecule has 0 spiro atoms. The summed E-state index contributed by atoms with van der Waals surface area (Å²) in [4.78, 5) is 4.39. The van der Waals surface area contributed by atoms with E-state index in [1.54, 1.807) is 0 Å². The Morgan fingerprint density at radius 3 is 2.35 bits per heavy atom. The lowest BCUT2D eigenvalue weighted by molar-refractivity contribution is 0.469. The first-order chi connectivity index (χ1) is 9.65. The van der Waals surface area contributed by atoms with Crippen LogP contribution in [-0.4, -0.2) is 16.1 Å². The van der Waals surface area contributed by atoms with Crippen molar-refractivity contribution in [3.8, 4) is 0 Å². The van der Waals surface area contributed by atoms with Crippen LogP contribution in [0.3, 0.4) is 0 Å². The predicted octanol–water partition coefficient (Wildman–Crippen LogP) is 3.41. The Balaban J connectivity index is 2.19. The minimum Gasteiger partial charge on any atom is -0.333 e. The quantitative estimate of drug-likeness (QED) is 0.872. The summed E-state index contributed by atoms with van der Waals surface area (Å²) in [5, 5.41) is 3.57. The Bertz CT molecular complexity index is 540. The van der Waals surface area contributed by atoms with E-state index in [1.807, 2.05) is 6.33 Å². The SMILES string of the molecule is CCNC(Cn1cnc(C)c1C)c1ccc(CC)cc1. The fourth-order valence-corrected chi connectivity index (χ4v) is 2.44. The largest absolute Gasteiger partial charge is 0.333 e. The van der Waals surface area contributed by atoms with E-state index in [2.05, 4.69) is 66.8 Å². The van der Waals surface area contributed by atoms with E-state index < -0.39 is 0 Å². The first kappa shape index (κ1) is 14.8. The maximum atomic E-state index is 4.39. The summed E-state index contributed by atoms with van der Waals surface area (Å²) in [6.07, 6.45) is 3.03. The average molecular weight is 271 g/mol. The van der Waals surface area contributed by atoms with Gasteiger partial charge in [0.05, 0.1) is 18.1 Å². The van der Waals surface area contributed by atoms with Crippen LogP contribution in [0.5, 0.6) is 0 Å². The molecule has 3 heteroatoms. The summed E-state index contributed by atoms with van der Waals surface area (Å²) >= 11 is 0. The molecule has 1 heterocycles. The Morgan fingerprint density at radius 2 is 1.85 bits per heavy atom. The van der Waals surface area contributed by atoms with E-state index in [4.69, 9.17) is 0 Å². The second-order valence-electron chi connectivity index (χ2n) is 5.27. The fourth-order valence-electron chi connectivity index (χ4n) is 2.44. The van der Waals surface area contributed by atoms with Crippen LogP contribution in [0.2, 0.25) is 0 Å². The van der Waals surface area contributed by atoms with Crippen LogP contribution in [0.1, 0.15) is 42.4 Å². The molecule has 0 radical (unpaired) electrons. The topological polar surface area (TPSA) is 29.9 Å². The van der Waals surface area contributed by atoms with Crippen molar-refractivity contribution in [2.24, 2.45) is 0 Å². The highest BCUT2D eigenvalue weighted by atomic mass is 15.1. The van der Waals surface area contributed by atoms with Gasteiger partial charge in [0.1, 0.15) is 0 Å². The molecule has 1 unspecified atom stereocenters. The molecule has 20 heavy (non-hydrogen) atoms. The summed E-state index contributed by atoms with van der Waals surface area (Å²) in [7, 11) is 0. The molecule has 1 aromatic heterocycles. The summed E-state index contributed by atoms with van der Waals surface area (Å²) in [5.74, 6) is 0. The Kier molecular flexibility index (Phi) is 4.96. The number of likely N-dealkylation sites (N-methyl/N-ethyl adjacent to an activating group) is 1. The van der Waals surface area contributed by atoms with Gasteiger partial charge >= 0.3 is 0 Å². The molecule has 1 N–H and O–H groups in total. The first-order valence-electron chi connectivity index (χ1n) is 7.46. The second-order valence-corrected chi connectivity index (χ2v) is 5.27. The van der Waals surface area contributed by atoms with E-state index in [9.17, 15) is 0 Å². The Morgan fingerprint density at radius 1 is 1.15 bits per heavy atom. The number of nitrogens with one attached hydrogen (secondary N) is 1. The number of hydrogen-bond donors (Lipinski definition) is 1. The van der Waals surface area contributed by atoms with Gasteiger partial charge in [-0.3, -0.25) is 0 Å². The molecule has 1 atom stereocenters. The maximum absolute atomic E-state index is 4.39. The summed E-state index contributed by atoms with van der Waals surface area (Å²) < 4.78 is 2.23. The van der Waals surface area contributed by atoms with Crippen LogP contribution < -0.4 is 5.32 Å². The van der Waals surface area contributed by atoms with E-state index >= 15 is 0 Å². The van der Waals surface area contributed by atoms with Crippen LogP contribution in [0, 0.1) is 13.8 Å². The highest BCUT2D eigenvalue weighted by Crippen LogP contribution is 2.18. The van der Waals surface area contributed by atoms with Crippen molar-refractivity contribution >= 4 is 0 Å². The van der Waals surface area contributed by atoms with Crippen LogP contribution in [-0.2, 0) is 13.0 Å². The van der Waals surface area contributed by atoms with Crippen molar-refractivity contribution in [2.45, 2.75) is 46.7 Å². The molecule has 0 aliphatic carbocycles. The predicted molar refractivity (Wildman–Crippen MR) is 83.9 cm³/mol. The van der Waals surface area contributed by atoms with Gasteiger partial charge in [-0.1, -0.05) is 38.1 Å². The normalized spacial score (nSPS) is 12.6. The van der Waals surface area contributed by atoms with Gasteiger partial charge in [-0.25, -0.2) is 4.98 Å². The molecule has 1 aromatic carbocycles. The van der Waals surface area contributed by atoms with Gasteiger partial charge in [0.25, 0.3) is 0 Å². The van der Waals surface area contributed by atoms with Crippen molar-refractivity contribution in [3.63, 3.8) is 0 Å². The van der Waals surface area contributed by atoms with Gasteiger partial charge in [0.15, 0.2) is 0 Å². The highest BCUT2D eigenvalue weighted by Gasteiger charge is 2.13. The summed E-state index contributed by atoms with van der Waals surface area (Å²) in [5.41, 5.74) is 5.09. The molecule has 0 saturated heterocycles. The lowest BCUT2D eigenvalue weighted by Crippen LogP contribution is -2.25. The van der Waals surface area contributed by atoms with Gasteiger partial charge in [-0.05, 0) is 37.9 Å². The van der Waals surface area contributed by atoms with E-state index in [0.717, 1.165) is 25.2 Å². The summed E-state index contributed by atoms with van der Waals surface area (Å²) in [6.45, 7) is 10.4. The fraction of sp³-hybridized carbons (Fsp3) is 0.471. The Labute approximate surface area is 122 Å². The number of rotatable bonds is 6. The monoisotopic (exact) mass is 271 g/mol. The number of hydrogen-bond acceptors (Lipinski definition) is 2. The number of aryl methyl sites for hydroxylation is 2. The van der Waals surface area contributed by atoms with Crippen molar-refractivity contribution in [1.82, 2.24) is 14.9 Å². The maximum Gasteiger partial charge on any atom is 0.0952 e. The molecule has 108 valence electrons. The minimum atomic E-state index is 0.332. The van der Waals surface area contributed by atoms with Crippen molar-refractivity contribution in [3.05, 3.63) is 53.1 Å². The third-order valence-corrected chi connectivity index (χ3v) is 3.97. The molecule has 2 rings (SSSR count). The van der Waals surface area contributed by atoms with E-state index in [1.165, 1.54) is 16.8 Å². The molecule has 0 bridgehead atoms. The second kappa shape index (κ2) is 6.71. The minimum absolute atomic E-state index is 0.332. The first-order valence-corrected chi connectivity index (χ1v) is 7.46. The molecule has 0 aliphatic rings. The van der Waals surface area contributed by atoms with Gasteiger partial charge in [-0.15, -0.1) is 0 Å². The van der Waals surface area contributed by atoms with E-state index in [-0.39, 0.29) is 0 Å². The van der Waals surface area contributed by atoms with Crippen molar-refractivity contribution in [1.29, 1.82) is 0 Å². The molecular weight excluding hydrogens is 246 g/mol. The molecule has 2 aromatic rings. The molecule has 0 saturated carbocycles. The smallest absolute Gasteiger partial charge is 0.0952 e. The number of imidazole rings is 1. The molecule has 0 fully saturated rings. The standard InChI is InChI=1S/C17H25N3/c1-5-15-7-9-16(10-8-15)17(18-6-2)11-20-12-19-13(3)14(20)4/h7-10,12,17-18H,5-6,11H2,1-4H3. The van der Waals surface area contributed by atoms with Crippen LogP contribution >= 0.6 is 0 Å². The van der Waals surface area contributed by atoms with Crippen molar-refractivity contribution in [2.75, 3.05) is 6.54 Å². The third-order valence-electron chi connectivity index (χ3n) is 3.97. The molecular formula is C17H25N3. The lowest BCUT2D eigenvalue weighted by atomic mass is 10.0. The highest BCUT2D eigenvalue weighted by molar-refractivity contribution is 5.25. The van der Waals surface area contributed by atoms with Crippen LogP contribution in [0.4, 0.5) is 0 Å². The van der Waals surface area contributed by atoms with Crippen LogP contribution in [0.15, 0.2) is 30.6 Å². The average Bonchev–Trinajstić information content (AvgIpc) is 2.79. The lowest BCUT2D eigenvalue weighted by Gasteiger charge is -2.20. The molecule has 0 amide bonds. The zero-order valence-corrected chi connectivity index (χ0v) is 13.0. The zero-order chi connectivity index (χ0) is 14.5. The number of benzene rings is 1. The van der Waals surface area contributed by atoms with Crippen molar-refractivity contribution < 1.29 is 0 Å². The van der Waals surface area contributed by atoms with Gasteiger partial charge in [0, 0.05) is 12.2 Å². The number of aromatic nitrogens is 2. The van der Waals surface area contributed by atoms with Crippen LogP contribution in [0.25, 0.3) is 0 Å². The van der Waals surface area contributed by atoms with Gasteiger partial charge in [-0.2, -0.15) is 0 Å².